The molecule has 1 saturated heterocycles. The summed E-state index contributed by atoms with van der Waals surface area (Å²) in [5.41, 5.74) is 6.02. The van der Waals surface area contributed by atoms with Crippen molar-refractivity contribution in [1.82, 2.24) is 10.9 Å². The Morgan fingerprint density at radius 2 is 1.92 bits per heavy atom. The number of carbonyl (C=O) groups excluding carboxylic acids is 1. The van der Waals surface area contributed by atoms with E-state index in [1.54, 1.807) is 0 Å². The SMILES string of the molecule is O=C1CC(=Nc2ccccc2)NN1. The molecule has 0 bridgehead atoms. The second-order valence-corrected chi connectivity index (χ2v) is 2.74. The molecule has 0 spiro atoms. The number of carbonyl (C=O) groups is 1. The van der Waals surface area contributed by atoms with Gasteiger partial charge in [0.25, 0.3) is 0 Å². The molecule has 0 radical (unpaired) electrons. The molecule has 1 heterocycles. The monoisotopic (exact) mass is 175 g/mol. The van der Waals surface area contributed by atoms with Crippen LogP contribution >= 0.6 is 0 Å². The maximum Gasteiger partial charge on any atom is 0.245 e. The average molecular weight is 175 g/mol. The summed E-state index contributed by atoms with van der Waals surface area (Å²) in [6.45, 7) is 0. The fourth-order valence-corrected chi connectivity index (χ4v) is 1.11. The van der Waals surface area contributed by atoms with Gasteiger partial charge in [0.15, 0.2) is 0 Å². The van der Waals surface area contributed by atoms with Crippen molar-refractivity contribution in [3.63, 3.8) is 0 Å². The molecule has 1 aromatic carbocycles. The van der Waals surface area contributed by atoms with Crippen LogP contribution in [0.15, 0.2) is 35.3 Å². The number of amides is 1. The summed E-state index contributed by atoms with van der Waals surface area (Å²) in [5, 5.41) is 0. The van der Waals surface area contributed by atoms with Gasteiger partial charge in [0, 0.05) is 0 Å². The quantitative estimate of drug-likeness (QED) is 0.661. The van der Waals surface area contributed by atoms with Crippen molar-refractivity contribution in [1.29, 1.82) is 0 Å². The predicted molar refractivity (Wildman–Crippen MR) is 49.4 cm³/mol. The lowest BCUT2D eigenvalue weighted by atomic mass is 10.3. The van der Waals surface area contributed by atoms with Gasteiger partial charge in [-0.2, -0.15) is 0 Å². The lowest BCUT2D eigenvalue weighted by Gasteiger charge is -1.95. The Balaban J connectivity index is 2.17. The maximum atomic E-state index is 10.8. The van der Waals surface area contributed by atoms with Gasteiger partial charge in [0.1, 0.15) is 5.84 Å². The first-order valence-corrected chi connectivity index (χ1v) is 4.02. The van der Waals surface area contributed by atoms with Crippen molar-refractivity contribution < 1.29 is 4.79 Å². The van der Waals surface area contributed by atoms with Gasteiger partial charge in [-0.05, 0) is 12.1 Å². The van der Waals surface area contributed by atoms with Crippen LogP contribution < -0.4 is 10.9 Å². The topological polar surface area (TPSA) is 53.5 Å². The zero-order valence-corrected chi connectivity index (χ0v) is 6.95. The van der Waals surface area contributed by atoms with Crippen LogP contribution in [0.1, 0.15) is 6.42 Å². The number of amidine groups is 1. The van der Waals surface area contributed by atoms with Crippen molar-refractivity contribution in [2.24, 2.45) is 4.99 Å². The van der Waals surface area contributed by atoms with Gasteiger partial charge in [-0.15, -0.1) is 0 Å². The van der Waals surface area contributed by atoms with Gasteiger partial charge in [0.05, 0.1) is 12.1 Å². The summed E-state index contributed by atoms with van der Waals surface area (Å²) in [7, 11) is 0. The molecule has 2 rings (SSSR count). The zero-order valence-electron chi connectivity index (χ0n) is 6.95. The molecule has 13 heavy (non-hydrogen) atoms. The second-order valence-electron chi connectivity index (χ2n) is 2.74. The summed E-state index contributed by atoms with van der Waals surface area (Å²) in [5.74, 6) is 0.617. The number of nitrogens with zero attached hydrogens (tertiary/aromatic N) is 1. The summed E-state index contributed by atoms with van der Waals surface area (Å²) >= 11 is 0. The Morgan fingerprint density at radius 1 is 1.15 bits per heavy atom. The minimum atomic E-state index is -0.0466. The molecular formula is C9H9N3O. The Kier molecular flexibility index (Phi) is 1.96. The highest BCUT2D eigenvalue weighted by Crippen LogP contribution is 2.10. The van der Waals surface area contributed by atoms with E-state index < -0.39 is 0 Å². The minimum absolute atomic E-state index is 0.0466. The van der Waals surface area contributed by atoms with Gasteiger partial charge >= 0.3 is 0 Å². The Morgan fingerprint density at radius 3 is 2.54 bits per heavy atom. The fraction of sp³-hybridized carbons (Fsp3) is 0.111. The first-order valence-electron chi connectivity index (χ1n) is 4.02. The number of hydrogen-bond acceptors (Lipinski definition) is 2. The molecule has 2 N–H and O–H groups in total. The highest BCUT2D eigenvalue weighted by atomic mass is 16.2. The van der Waals surface area contributed by atoms with Crippen molar-refractivity contribution in [3.8, 4) is 0 Å². The van der Waals surface area contributed by atoms with E-state index in [-0.39, 0.29) is 5.91 Å². The number of hydrazine groups is 1. The molecular weight excluding hydrogens is 166 g/mol. The molecule has 1 aromatic rings. The molecule has 66 valence electrons. The van der Waals surface area contributed by atoms with Crippen LogP contribution in [0.4, 0.5) is 5.69 Å². The van der Waals surface area contributed by atoms with Gasteiger partial charge in [-0.25, -0.2) is 4.99 Å². The molecule has 1 aliphatic rings. The number of aliphatic imine (C=N–C) groups is 1. The van der Waals surface area contributed by atoms with E-state index in [0.29, 0.717) is 12.3 Å². The number of benzene rings is 1. The van der Waals surface area contributed by atoms with E-state index in [4.69, 9.17) is 0 Å². The number of nitrogens with one attached hydrogen (secondary N) is 2. The van der Waals surface area contributed by atoms with E-state index in [1.165, 1.54) is 0 Å². The number of rotatable bonds is 1. The fourth-order valence-electron chi connectivity index (χ4n) is 1.11. The third-order valence-electron chi connectivity index (χ3n) is 1.69. The second kappa shape index (κ2) is 3.26. The van der Waals surface area contributed by atoms with Crippen molar-refractivity contribution in [2.75, 3.05) is 0 Å². The van der Waals surface area contributed by atoms with Crippen LogP contribution in [0, 0.1) is 0 Å². The summed E-state index contributed by atoms with van der Waals surface area (Å²) in [6, 6.07) is 9.51. The number of hydrogen-bond donors (Lipinski definition) is 2. The predicted octanol–water partition coefficient (Wildman–Crippen LogP) is 0.741. The van der Waals surface area contributed by atoms with Crippen molar-refractivity contribution in [3.05, 3.63) is 30.3 Å². The molecule has 4 heteroatoms. The smallest absolute Gasteiger partial charge is 0.245 e. The van der Waals surface area contributed by atoms with Gasteiger partial charge in [-0.3, -0.25) is 15.6 Å². The van der Waals surface area contributed by atoms with E-state index >= 15 is 0 Å². The molecule has 0 aromatic heterocycles. The third-order valence-corrected chi connectivity index (χ3v) is 1.69. The zero-order chi connectivity index (χ0) is 9.10. The van der Waals surface area contributed by atoms with E-state index in [1.807, 2.05) is 30.3 Å². The lowest BCUT2D eigenvalue weighted by Crippen LogP contribution is -2.28. The van der Waals surface area contributed by atoms with Crippen LogP contribution in [0.2, 0.25) is 0 Å². The minimum Gasteiger partial charge on any atom is -0.285 e. The maximum absolute atomic E-state index is 10.8. The van der Waals surface area contributed by atoms with E-state index in [9.17, 15) is 4.79 Å². The standard InChI is InChI=1S/C9H9N3O/c13-9-6-8(11-12-9)10-7-4-2-1-3-5-7/h1-5H,6H2,(H,10,11)(H,12,13). The molecule has 1 aliphatic heterocycles. The Hall–Kier alpha value is -1.84. The number of para-hydroxylation sites is 1. The summed E-state index contributed by atoms with van der Waals surface area (Å²) < 4.78 is 0. The van der Waals surface area contributed by atoms with E-state index in [0.717, 1.165) is 5.69 Å². The van der Waals surface area contributed by atoms with E-state index in [2.05, 4.69) is 15.8 Å². The molecule has 4 nitrogen and oxygen atoms in total. The normalized spacial score (nSPS) is 18.5. The van der Waals surface area contributed by atoms with Crippen LogP contribution in [0.25, 0.3) is 0 Å². The molecule has 0 unspecified atom stereocenters. The van der Waals surface area contributed by atoms with Crippen LogP contribution in [0.5, 0.6) is 0 Å². The third kappa shape index (κ3) is 1.84. The van der Waals surface area contributed by atoms with Crippen LogP contribution in [-0.4, -0.2) is 11.7 Å². The molecule has 0 atom stereocenters. The summed E-state index contributed by atoms with van der Waals surface area (Å²) in [6.07, 6.45) is 0.328. The Bertz CT molecular complexity index is 345. The van der Waals surface area contributed by atoms with Gasteiger partial charge in [0.2, 0.25) is 5.91 Å². The van der Waals surface area contributed by atoms with Gasteiger partial charge in [-0.1, -0.05) is 18.2 Å². The first-order chi connectivity index (χ1) is 6.34. The Labute approximate surface area is 75.6 Å². The van der Waals surface area contributed by atoms with Crippen LogP contribution in [-0.2, 0) is 4.79 Å². The summed E-state index contributed by atoms with van der Waals surface area (Å²) in [4.78, 5) is 15.0. The highest BCUT2D eigenvalue weighted by Gasteiger charge is 2.14. The van der Waals surface area contributed by atoms with Crippen molar-refractivity contribution >= 4 is 17.4 Å². The van der Waals surface area contributed by atoms with Crippen molar-refractivity contribution in [2.45, 2.75) is 6.42 Å². The molecule has 0 saturated carbocycles. The lowest BCUT2D eigenvalue weighted by molar-refractivity contribution is -0.119. The largest absolute Gasteiger partial charge is 0.285 e. The molecule has 0 aliphatic carbocycles. The first kappa shape index (κ1) is 7.79. The molecule has 1 fully saturated rings. The van der Waals surface area contributed by atoms with Crippen LogP contribution in [0.3, 0.4) is 0 Å². The average Bonchev–Trinajstić information content (AvgIpc) is 2.53. The highest BCUT2D eigenvalue weighted by molar-refractivity contribution is 6.05. The van der Waals surface area contributed by atoms with Gasteiger partial charge < -0.3 is 0 Å². The molecule has 1 amide bonds.